The Balaban J connectivity index is 1.76. The first-order chi connectivity index (χ1) is 11.4. The maximum Gasteiger partial charge on any atom is 0.316 e. The smallest absolute Gasteiger partial charge is 0.316 e. The van der Waals surface area contributed by atoms with Gasteiger partial charge in [-0.1, -0.05) is 41.7 Å². The normalized spacial score (nSPS) is 15.4. The molecular formula is C16H18Cl3NO3S. The Morgan fingerprint density at radius 2 is 1.88 bits per heavy atom. The van der Waals surface area contributed by atoms with Crippen LogP contribution in [-0.2, 0) is 14.3 Å². The number of amides is 1. The summed E-state index contributed by atoms with van der Waals surface area (Å²) in [7, 11) is 0. The van der Waals surface area contributed by atoms with Gasteiger partial charge in [0, 0.05) is 18.0 Å². The molecule has 0 aromatic heterocycles. The molecule has 1 aromatic rings. The van der Waals surface area contributed by atoms with Crippen LogP contribution >= 0.6 is 46.6 Å². The Hall–Kier alpha value is -0.620. The lowest BCUT2D eigenvalue weighted by Crippen LogP contribution is -2.40. The van der Waals surface area contributed by atoms with Gasteiger partial charge in [-0.3, -0.25) is 9.59 Å². The molecule has 1 amide bonds. The Morgan fingerprint density at radius 1 is 1.21 bits per heavy atom. The number of likely N-dealkylation sites (tertiary alicyclic amines) is 1. The zero-order valence-corrected chi connectivity index (χ0v) is 16.3. The second-order valence-electron chi connectivity index (χ2n) is 5.69. The van der Waals surface area contributed by atoms with Crippen molar-refractivity contribution in [1.82, 2.24) is 4.90 Å². The lowest BCUT2D eigenvalue weighted by Gasteiger charge is -2.30. The van der Waals surface area contributed by atoms with E-state index in [4.69, 9.17) is 39.5 Å². The topological polar surface area (TPSA) is 46.6 Å². The first-order valence-corrected chi connectivity index (χ1v) is 9.70. The van der Waals surface area contributed by atoms with Crippen molar-refractivity contribution >= 4 is 58.4 Å². The molecule has 1 aliphatic rings. The molecule has 0 aliphatic carbocycles. The number of benzene rings is 1. The first-order valence-electron chi connectivity index (χ1n) is 7.58. The second kappa shape index (κ2) is 9.18. The summed E-state index contributed by atoms with van der Waals surface area (Å²) >= 11 is 19.1. The van der Waals surface area contributed by atoms with Gasteiger partial charge in [0.15, 0.2) is 6.61 Å². The molecule has 0 spiro atoms. The van der Waals surface area contributed by atoms with Gasteiger partial charge in [0.25, 0.3) is 5.91 Å². The van der Waals surface area contributed by atoms with Gasteiger partial charge in [-0.2, -0.15) is 0 Å². The van der Waals surface area contributed by atoms with Crippen LogP contribution in [0.4, 0.5) is 0 Å². The zero-order chi connectivity index (χ0) is 17.7. The van der Waals surface area contributed by atoms with E-state index in [0.29, 0.717) is 20.9 Å². The lowest BCUT2D eigenvalue weighted by molar-refractivity contribution is -0.150. The molecule has 0 saturated carbocycles. The second-order valence-corrected chi connectivity index (χ2v) is 7.87. The van der Waals surface area contributed by atoms with E-state index in [2.05, 4.69) is 6.92 Å². The summed E-state index contributed by atoms with van der Waals surface area (Å²) in [4.78, 5) is 26.2. The fraction of sp³-hybridized carbons (Fsp3) is 0.500. The van der Waals surface area contributed by atoms with Crippen LogP contribution in [0.2, 0.25) is 15.1 Å². The number of ether oxygens (including phenoxy) is 1. The molecule has 1 aromatic carbocycles. The molecule has 0 atom stereocenters. The summed E-state index contributed by atoms with van der Waals surface area (Å²) in [6, 6.07) is 3.30. The van der Waals surface area contributed by atoms with E-state index in [1.54, 1.807) is 17.0 Å². The summed E-state index contributed by atoms with van der Waals surface area (Å²) in [5.41, 5.74) is 0. The van der Waals surface area contributed by atoms with Crippen molar-refractivity contribution in [3.63, 3.8) is 0 Å². The van der Waals surface area contributed by atoms with Crippen molar-refractivity contribution < 1.29 is 14.3 Å². The Morgan fingerprint density at radius 3 is 2.54 bits per heavy atom. The predicted octanol–water partition coefficient (Wildman–Crippen LogP) is 4.54. The van der Waals surface area contributed by atoms with E-state index in [-0.39, 0.29) is 23.3 Å². The van der Waals surface area contributed by atoms with Crippen molar-refractivity contribution in [3.8, 4) is 0 Å². The highest BCUT2D eigenvalue weighted by atomic mass is 35.5. The molecule has 0 unspecified atom stereocenters. The summed E-state index contributed by atoms with van der Waals surface area (Å²) in [5, 5.41) is 0.918. The van der Waals surface area contributed by atoms with Crippen LogP contribution in [0.5, 0.6) is 0 Å². The maximum atomic E-state index is 12.0. The van der Waals surface area contributed by atoms with E-state index >= 15 is 0 Å². The van der Waals surface area contributed by atoms with Crippen molar-refractivity contribution in [2.75, 3.05) is 25.4 Å². The van der Waals surface area contributed by atoms with Crippen molar-refractivity contribution in [1.29, 1.82) is 0 Å². The van der Waals surface area contributed by atoms with Crippen molar-refractivity contribution in [3.05, 3.63) is 27.2 Å². The minimum absolute atomic E-state index is 0.0436. The highest BCUT2D eigenvalue weighted by Gasteiger charge is 2.21. The third-order valence-electron chi connectivity index (χ3n) is 3.84. The predicted molar refractivity (Wildman–Crippen MR) is 98.1 cm³/mol. The number of rotatable bonds is 5. The van der Waals surface area contributed by atoms with Gasteiger partial charge < -0.3 is 9.64 Å². The van der Waals surface area contributed by atoms with Crippen LogP contribution in [-0.4, -0.2) is 42.2 Å². The molecule has 0 N–H and O–H groups in total. The molecule has 132 valence electrons. The van der Waals surface area contributed by atoms with E-state index in [9.17, 15) is 9.59 Å². The third kappa shape index (κ3) is 5.45. The molecule has 1 heterocycles. The van der Waals surface area contributed by atoms with Crippen LogP contribution in [0, 0.1) is 5.92 Å². The molecule has 8 heteroatoms. The van der Waals surface area contributed by atoms with Gasteiger partial charge in [0.2, 0.25) is 0 Å². The Bertz CT molecular complexity index is 619. The van der Waals surface area contributed by atoms with Crippen LogP contribution in [0.15, 0.2) is 17.0 Å². The Kier molecular flexibility index (Phi) is 7.54. The van der Waals surface area contributed by atoms with Gasteiger partial charge in [0.05, 0.1) is 20.8 Å². The van der Waals surface area contributed by atoms with Crippen molar-refractivity contribution in [2.24, 2.45) is 5.92 Å². The van der Waals surface area contributed by atoms with E-state index in [1.165, 1.54) is 11.8 Å². The number of hydrogen-bond donors (Lipinski definition) is 0. The molecule has 1 fully saturated rings. The lowest BCUT2D eigenvalue weighted by atomic mass is 9.99. The molecule has 2 rings (SSSR count). The maximum absolute atomic E-state index is 12.0. The quantitative estimate of drug-likeness (QED) is 0.406. The average molecular weight is 411 g/mol. The van der Waals surface area contributed by atoms with Gasteiger partial charge in [-0.25, -0.2) is 0 Å². The van der Waals surface area contributed by atoms with Crippen LogP contribution in [0.3, 0.4) is 0 Å². The van der Waals surface area contributed by atoms with Gasteiger partial charge in [-0.15, -0.1) is 11.8 Å². The number of halogens is 3. The van der Waals surface area contributed by atoms with Gasteiger partial charge in [-0.05, 0) is 30.9 Å². The number of nitrogens with zero attached hydrogens (tertiary/aromatic N) is 1. The van der Waals surface area contributed by atoms with Gasteiger partial charge in [0.1, 0.15) is 0 Å². The number of esters is 1. The number of carbonyl (C=O) groups is 2. The zero-order valence-electron chi connectivity index (χ0n) is 13.2. The third-order valence-corrected chi connectivity index (χ3v) is 6.28. The number of piperidine rings is 1. The molecule has 1 saturated heterocycles. The van der Waals surface area contributed by atoms with Crippen molar-refractivity contribution in [2.45, 2.75) is 24.7 Å². The fourth-order valence-electron chi connectivity index (χ4n) is 2.29. The number of hydrogen-bond acceptors (Lipinski definition) is 4. The number of carbonyl (C=O) groups excluding carboxylic acids is 2. The highest BCUT2D eigenvalue weighted by molar-refractivity contribution is 8.00. The summed E-state index contributed by atoms with van der Waals surface area (Å²) in [6.07, 6.45) is 1.98. The number of thioether (sulfide) groups is 1. The van der Waals surface area contributed by atoms with Crippen LogP contribution < -0.4 is 0 Å². The van der Waals surface area contributed by atoms with E-state index in [0.717, 1.165) is 25.9 Å². The summed E-state index contributed by atoms with van der Waals surface area (Å²) in [5.74, 6) is 0.0692. The minimum atomic E-state index is -0.471. The standard InChI is InChI=1S/C16H18Cl3NO3S/c1-10-4-6-20(7-5-10)13(21)8-23-14(22)9-24-12-3-2-11(17)15(18)16(12)19/h2-3,10H,4-9H2,1H3. The van der Waals surface area contributed by atoms with Crippen LogP contribution in [0.1, 0.15) is 19.8 Å². The monoisotopic (exact) mass is 409 g/mol. The average Bonchev–Trinajstić information content (AvgIpc) is 2.57. The summed E-state index contributed by atoms with van der Waals surface area (Å²) in [6.45, 7) is 3.41. The van der Waals surface area contributed by atoms with E-state index in [1.807, 2.05) is 0 Å². The van der Waals surface area contributed by atoms with E-state index < -0.39 is 5.97 Å². The molecule has 1 aliphatic heterocycles. The molecular weight excluding hydrogens is 393 g/mol. The highest BCUT2D eigenvalue weighted by Crippen LogP contribution is 2.37. The summed E-state index contributed by atoms with van der Waals surface area (Å²) < 4.78 is 5.05. The molecule has 0 radical (unpaired) electrons. The van der Waals surface area contributed by atoms with Crippen LogP contribution in [0.25, 0.3) is 0 Å². The largest absolute Gasteiger partial charge is 0.455 e. The van der Waals surface area contributed by atoms with Gasteiger partial charge >= 0.3 is 5.97 Å². The first kappa shape index (κ1) is 19.7. The molecule has 4 nitrogen and oxygen atoms in total. The minimum Gasteiger partial charge on any atom is -0.455 e. The molecule has 24 heavy (non-hydrogen) atoms. The fourth-order valence-corrected chi connectivity index (χ4v) is 3.79. The Labute approximate surface area is 160 Å². The SMILES string of the molecule is CC1CCN(C(=O)COC(=O)CSc2ccc(Cl)c(Cl)c2Cl)CC1. The molecule has 0 bridgehead atoms.